The Hall–Kier alpha value is -5.60. The van der Waals surface area contributed by atoms with Crippen molar-refractivity contribution in [2.24, 2.45) is 0 Å². The number of nitrogens with zero attached hydrogens (tertiary/aromatic N) is 1. The minimum atomic E-state index is -0.0792. The highest BCUT2D eigenvalue weighted by atomic mass is 16.3. The highest BCUT2D eigenvalue weighted by Crippen LogP contribution is 2.51. The molecule has 0 radical (unpaired) electrons. The maximum atomic E-state index is 7.25. The van der Waals surface area contributed by atoms with Crippen molar-refractivity contribution < 1.29 is 4.42 Å². The summed E-state index contributed by atoms with van der Waals surface area (Å²) >= 11 is 0. The van der Waals surface area contributed by atoms with E-state index in [0.717, 1.165) is 30.4 Å². The molecule has 2 heteroatoms. The van der Waals surface area contributed by atoms with Crippen LogP contribution in [0.1, 0.15) is 159 Å². The minimum absolute atomic E-state index is 0.0723. The van der Waals surface area contributed by atoms with Gasteiger partial charge in [-0.05, 0) is 144 Å². The summed E-state index contributed by atoms with van der Waals surface area (Å²) in [4.78, 5) is 2.50. The number of benzene rings is 7. The normalized spacial score (nSPS) is 14.9. The van der Waals surface area contributed by atoms with Crippen LogP contribution in [0.15, 0.2) is 138 Å². The molecule has 2 nitrogen and oxygen atoms in total. The van der Waals surface area contributed by atoms with Crippen molar-refractivity contribution in [2.45, 2.75) is 149 Å². The van der Waals surface area contributed by atoms with Crippen LogP contribution in [-0.4, -0.2) is 0 Å². The fourth-order valence-corrected chi connectivity index (χ4v) is 10.4. The second-order valence-corrected chi connectivity index (χ2v) is 24.0. The van der Waals surface area contributed by atoms with E-state index in [2.05, 4.69) is 235 Å². The van der Waals surface area contributed by atoms with Crippen molar-refractivity contribution in [1.82, 2.24) is 0 Å². The monoisotopic (exact) mass is 858 g/mol. The number of hydrogen-bond donors (Lipinski definition) is 0. The summed E-state index contributed by atoms with van der Waals surface area (Å²) in [5.41, 5.74) is 18.0. The number of furan rings is 1. The van der Waals surface area contributed by atoms with Crippen LogP contribution in [-0.2, 0) is 39.9 Å². The predicted octanol–water partition coefficient (Wildman–Crippen LogP) is 18.0. The average Bonchev–Trinajstić information content (AvgIpc) is 3.60. The molecule has 1 heterocycles. The van der Waals surface area contributed by atoms with Gasteiger partial charge in [0.15, 0.2) is 0 Å². The third kappa shape index (κ3) is 8.44. The first-order valence-corrected chi connectivity index (χ1v) is 24.1. The van der Waals surface area contributed by atoms with Gasteiger partial charge in [0.25, 0.3) is 0 Å². The van der Waals surface area contributed by atoms with Crippen LogP contribution in [0.3, 0.4) is 0 Å². The van der Waals surface area contributed by atoms with Crippen LogP contribution in [0.4, 0.5) is 17.1 Å². The molecule has 0 saturated carbocycles. The molecule has 7 aromatic carbocycles. The van der Waals surface area contributed by atoms with E-state index in [1.165, 1.54) is 88.7 Å². The van der Waals surface area contributed by atoms with Gasteiger partial charge in [0, 0.05) is 39.3 Å². The molecule has 1 aliphatic rings. The molecule has 9 rings (SSSR count). The van der Waals surface area contributed by atoms with Gasteiger partial charge in [0.2, 0.25) is 0 Å². The van der Waals surface area contributed by atoms with Crippen molar-refractivity contribution in [1.29, 1.82) is 0 Å². The molecule has 1 atom stereocenters. The van der Waals surface area contributed by atoms with E-state index in [1.807, 2.05) is 0 Å². The molecule has 0 amide bonds. The summed E-state index contributed by atoms with van der Waals surface area (Å²) in [6.45, 7) is 32.3. The molecule has 0 fully saturated rings. The van der Waals surface area contributed by atoms with Crippen LogP contribution in [0, 0.1) is 0 Å². The first-order valence-electron chi connectivity index (χ1n) is 24.1. The van der Waals surface area contributed by atoms with Gasteiger partial charge in [0.1, 0.15) is 11.2 Å². The summed E-state index contributed by atoms with van der Waals surface area (Å²) < 4.78 is 7.25. The molecular weight excluding hydrogens is 787 g/mol. The SMILES string of the molecule is CC(C)(C)c1ccc(CC(c2ccc(C(C)(C)C)cc2)c2ccc3c(c2)oc2c4c5c(c(N(c6ccc(C(C)(C)C)cc6)c6ccc(C(C)(C)C)cc6)ccc5cc23)CCC4(C)C)cc1. The Balaban J connectivity index is 1.20. The standard InChI is InChI=1S/C63H71NO/c1-59(2,3)44-21-15-40(16-22-44)37-52(41-17-23-45(24-18-41)60(4,5)6)42-19-33-50-53-38-43-20-34-54(51-35-36-63(13,14)57(56(43)51)58(53)65-55(50)39-42)64(48-29-25-46(26-30-48)61(7,8)9)49-31-27-47(28-32-49)62(10,11)12/h15-34,38-39,52H,35-37H2,1-14H3. The number of fused-ring (bicyclic) bond motifs is 4. The van der Waals surface area contributed by atoms with Gasteiger partial charge in [0.05, 0.1) is 0 Å². The molecule has 0 spiro atoms. The number of rotatable bonds is 7. The summed E-state index contributed by atoms with van der Waals surface area (Å²) in [5.74, 6) is 0.172. The lowest BCUT2D eigenvalue weighted by Gasteiger charge is -2.36. The lowest BCUT2D eigenvalue weighted by molar-refractivity contribution is 0.471. The molecular formula is C63H71NO. The first kappa shape index (κ1) is 44.6. The van der Waals surface area contributed by atoms with Gasteiger partial charge in [-0.25, -0.2) is 0 Å². The van der Waals surface area contributed by atoms with E-state index in [0.29, 0.717) is 0 Å². The Kier molecular flexibility index (Phi) is 10.8. The van der Waals surface area contributed by atoms with Crippen molar-refractivity contribution in [2.75, 3.05) is 4.90 Å². The summed E-state index contributed by atoms with van der Waals surface area (Å²) in [5, 5.41) is 5.03. The highest BCUT2D eigenvalue weighted by Gasteiger charge is 2.35. The van der Waals surface area contributed by atoms with Crippen LogP contribution in [0.25, 0.3) is 32.7 Å². The second kappa shape index (κ2) is 15.8. The Bertz CT molecular complexity index is 2960. The van der Waals surface area contributed by atoms with Gasteiger partial charge in [-0.15, -0.1) is 0 Å². The largest absolute Gasteiger partial charge is 0.456 e. The van der Waals surface area contributed by atoms with Crippen LogP contribution >= 0.6 is 0 Å². The fourth-order valence-electron chi connectivity index (χ4n) is 10.4. The molecule has 65 heavy (non-hydrogen) atoms. The molecule has 0 aliphatic heterocycles. The third-order valence-corrected chi connectivity index (χ3v) is 14.6. The summed E-state index contributed by atoms with van der Waals surface area (Å²) in [6.07, 6.45) is 2.94. The quantitative estimate of drug-likeness (QED) is 0.159. The maximum Gasteiger partial charge on any atom is 0.139 e. The molecule has 8 aromatic rings. The van der Waals surface area contributed by atoms with E-state index in [4.69, 9.17) is 4.42 Å². The topological polar surface area (TPSA) is 16.4 Å². The van der Waals surface area contributed by atoms with Crippen molar-refractivity contribution in [3.63, 3.8) is 0 Å². The molecule has 0 bridgehead atoms. The zero-order valence-electron chi connectivity index (χ0n) is 41.8. The lowest BCUT2D eigenvalue weighted by Crippen LogP contribution is -2.25. The minimum Gasteiger partial charge on any atom is -0.456 e. The van der Waals surface area contributed by atoms with E-state index in [-0.39, 0.29) is 33.0 Å². The van der Waals surface area contributed by atoms with Gasteiger partial charge in [-0.2, -0.15) is 0 Å². The smallest absolute Gasteiger partial charge is 0.139 e. The predicted molar refractivity (Wildman–Crippen MR) is 280 cm³/mol. The zero-order chi connectivity index (χ0) is 46.4. The van der Waals surface area contributed by atoms with Gasteiger partial charge in [-0.3, -0.25) is 0 Å². The van der Waals surface area contributed by atoms with Crippen molar-refractivity contribution >= 4 is 49.8 Å². The fraction of sp³-hybridized carbons (Fsp3) is 0.365. The average molecular weight is 858 g/mol. The molecule has 1 aliphatic carbocycles. The van der Waals surface area contributed by atoms with Crippen LogP contribution in [0.5, 0.6) is 0 Å². The molecule has 334 valence electrons. The van der Waals surface area contributed by atoms with Crippen LogP contribution in [0.2, 0.25) is 0 Å². The Morgan fingerprint density at radius 1 is 0.523 bits per heavy atom. The van der Waals surface area contributed by atoms with E-state index < -0.39 is 0 Å². The zero-order valence-corrected chi connectivity index (χ0v) is 41.8. The van der Waals surface area contributed by atoms with Gasteiger partial charge in [-0.1, -0.05) is 188 Å². The Morgan fingerprint density at radius 3 is 1.51 bits per heavy atom. The van der Waals surface area contributed by atoms with Crippen molar-refractivity contribution in [3.8, 4) is 0 Å². The van der Waals surface area contributed by atoms with E-state index >= 15 is 0 Å². The lowest BCUT2D eigenvalue weighted by atomic mass is 9.71. The first-order chi connectivity index (χ1) is 30.5. The molecule has 1 aromatic heterocycles. The van der Waals surface area contributed by atoms with Crippen molar-refractivity contribution in [3.05, 3.63) is 184 Å². The van der Waals surface area contributed by atoms with Gasteiger partial charge < -0.3 is 9.32 Å². The molecule has 0 saturated heterocycles. The van der Waals surface area contributed by atoms with Crippen LogP contribution < -0.4 is 4.90 Å². The van der Waals surface area contributed by atoms with E-state index in [1.54, 1.807) is 0 Å². The number of aryl methyl sites for hydroxylation is 1. The Morgan fingerprint density at radius 2 is 1.00 bits per heavy atom. The number of hydrogen-bond acceptors (Lipinski definition) is 2. The maximum absolute atomic E-state index is 7.25. The van der Waals surface area contributed by atoms with Gasteiger partial charge >= 0.3 is 0 Å². The molecule has 0 N–H and O–H groups in total. The number of anilines is 3. The molecule has 1 unspecified atom stereocenters. The summed E-state index contributed by atoms with van der Waals surface area (Å²) in [7, 11) is 0. The Labute approximate surface area is 390 Å². The summed E-state index contributed by atoms with van der Waals surface area (Å²) in [6, 6.07) is 51.4. The third-order valence-electron chi connectivity index (χ3n) is 14.6. The second-order valence-electron chi connectivity index (χ2n) is 24.0. The van der Waals surface area contributed by atoms with E-state index in [9.17, 15) is 0 Å². The highest BCUT2D eigenvalue weighted by molar-refractivity contribution is 6.14.